The van der Waals surface area contributed by atoms with Crippen LogP contribution in [-0.4, -0.2) is 14.8 Å². The maximum Gasteiger partial charge on any atom is 0.195 e. The Morgan fingerprint density at radius 3 is 2.18 bits per heavy atom. The van der Waals surface area contributed by atoms with Crippen molar-refractivity contribution in [2.45, 2.75) is 12.5 Å². The number of nitrogens with zero attached hydrogens (tertiary/aromatic N) is 2. The number of aromatic amines is 1. The van der Waals surface area contributed by atoms with Crippen molar-refractivity contribution in [2.75, 3.05) is 0 Å². The van der Waals surface area contributed by atoms with E-state index < -0.39 is 0 Å². The molecular weight excluding hydrogens is 390 g/mol. The summed E-state index contributed by atoms with van der Waals surface area (Å²) in [5.74, 6) is 2.49. The molecule has 0 radical (unpaired) electrons. The van der Waals surface area contributed by atoms with Crippen LogP contribution in [-0.2, 0) is 6.54 Å². The molecule has 0 unspecified atom stereocenters. The predicted molar refractivity (Wildman–Crippen MR) is 112 cm³/mol. The number of fused-ring (bicyclic) bond motifs is 2. The van der Waals surface area contributed by atoms with Gasteiger partial charge in [0, 0.05) is 16.1 Å². The van der Waals surface area contributed by atoms with Crippen LogP contribution in [0.1, 0.15) is 28.4 Å². The van der Waals surface area contributed by atoms with Crippen LogP contribution >= 0.6 is 23.8 Å². The minimum Gasteiger partial charge on any atom is -0.457 e. The van der Waals surface area contributed by atoms with Gasteiger partial charge in [-0.3, -0.25) is 9.67 Å². The number of rotatable bonds is 3. The minimum atomic E-state index is -0.0681. The highest BCUT2D eigenvalue weighted by Gasteiger charge is 2.31. The van der Waals surface area contributed by atoms with E-state index in [9.17, 15) is 0 Å². The smallest absolute Gasteiger partial charge is 0.195 e. The normalized spacial score (nSPS) is 12.9. The second kappa shape index (κ2) is 6.93. The predicted octanol–water partition coefficient (Wildman–Crippen LogP) is 5.93. The summed E-state index contributed by atoms with van der Waals surface area (Å²) in [4.78, 5) is 0. The Balaban J connectivity index is 1.66. The summed E-state index contributed by atoms with van der Waals surface area (Å²) in [7, 11) is 0. The second-order valence-electron chi connectivity index (χ2n) is 6.71. The molecule has 0 bridgehead atoms. The molecule has 0 spiro atoms. The first-order valence-electron chi connectivity index (χ1n) is 8.96. The zero-order valence-electron chi connectivity index (χ0n) is 14.8. The molecule has 2 heterocycles. The fraction of sp³-hybridized carbons (Fsp3) is 0.0909. The summed E-state index contributed by atoms with van der Waals surface area (Å²) in [6.07, 6.45) is 0. The van der Waals surface area contributed by atoms with E-state index in [0.29, 0.717) is 16.3 Å². The Labute approximate surface area is 172 Å². The van der Waals surface area contributed by atoms with Crippen molar-refractivity contribution < 1.29 is 4.74 Å². The van der Waals surface area contributed by atoms with Crippen LogP contribution in [0.25, 0.3) is 0 Å². The van der Waals surface area contributed by atoms with Crippen molar-refractivity contribution in [2.24, 2.45) is 0 Å². The molecule has 3 aromatic carbocycles. The summed E-state index contributed by atoms with van der Waals surface area (Å²) in [5, 5.41) is 8.31. The molecule has 0 saturated carbocycles. The number of halogens is 1. The van der Waals surface area contributed by atoms with Gasteiger partial charge in [-0.05, 0) is 42.0 Å². The van der Waals surface area contributed by atoms with E-state index in [4.69, 9.17) is 28.6 Å². The summed E-state index contributed by atoms with van der Waals surface area (Å²) in [5.41, 5.74) is 3.26. The number of nitrogens with one attached hydrogen (secondary N) is 1. The van der Waals surface area contributed by atoms with Gasteiger partial charge in [0.2, 0.25) is 0 Å². The fourth-order valence-corrected chi connectivity index (χ4v) is 3.99. The van der Waals surface area contributed by atoms with Crippen molar-refractivity contribution in [1.29, 1.82) is 0 Å². The van der Waals surface area contributed by atoms with E-state index in [0.717, 1.165) is 34.0 Å². The van der Waals surface area contributed by atoms with Crippen LogP contribution < -0.4 is 4.74 Å². The van der Waals surface area contributed by atoms with Crippen LogP contribution in [0.2, 0.25) is 5.02 Å². The van der Waals surface area contributed by atoms with Gasteiger partial charge in [0.05, 0.1) is 12.5 Å². The first-order valence-corrected chi connectivity index (χ1v) is 9.74. The Kier molecular flexibility index (Phi) is 4.26. The van der Waals surface area contributed by atoms with E-state index in [1.165, 1.54) is 0 Å². The second-order valence-corrected chi connectivity index (χ2v) is 7.53. The van der Waals surface area contributed by atoms with Crippen LogP contribution in [0.5, 0.6) is 11.5 Å². The Hall–Kier alpha value is -2.89. The fourth-order valence-electron chi connectivity index (χ4n) is 3.66. The average molecular weight is 406 g/mol. The van der Waals surface area contributed by atoms with Crippen molar-refractivity contribution in [3.05, 3.63) is 105 Å². The number of H-pyrrole nitrogens is 1. The molecule has 0 amide bonds. The lowest BCUT2D eigenvalue weighted by atomic mass is 9.87. The molecule has 138 valence electrons. The molecule has 28 heavy (non-hydrogen) atoms. The third-order valence-electron chi connectivity index (χ3n) is 4.98. The lowest BCUT2D eigenvalue weighted by Gasteiger charge is -2.28. The quantitative estimate of drug-likeness (QED) is 0.378. The SMILES string of the molecule is S=c1[nH]nc(C2c3ccccc3Oc3ccccc32)n1Cc1ccc(Cl)cc1. The Morgan fingerprint density at radius 2 is 1.54 bits per heavy atom. The van der Waals surface area contributed by atoms with E-state index in [1.807, 2.05) is 65.2 Å². The summed E-state index contributed by atoms with van der Waals surface area (Å²) in [6.45, 7) is 0.615. The molecule has 1 N–H and O–H groups in total. The monoisotopic (exact) mass is 405 g/mol. The number of aromatic nitrogens is 3. The summed E-state index contributed by atoms with van der Waals surface area (Å²) < 4.78 is 8.75. The first kappa shape index (κ1) is 17.2. The number of para-hydroxylation sites is 2. The molecule has 5 rings (SSSR count). The van der Waals surface area contributed by atoms with Crippen LogP contribution in [0.3, 0.4) is 0 Å². The van der Waals surface area contributed by atoms with Crippen molar-refractivity contribution in [3.8, 4) is 11.5 Å². The third kappa shape index (κ3) is 2.93. The van der Waals surface area contributed by atoms with Gasteiger partial charge < -0.3 is 4.74 Å². The van der Waals surface area contributed by atoms with E-state index >= 15 is 0 Å². The standard InChI is InChI=1S/C22H16ClN3OS/c23-15-11-9-14(10-12-15)13-26-21(24-25-22(26)28)20-16-5-1-3-7-18(16)27-19-8-4-2-6-17(19)20/h1-12,20H,13H2,(H,25,28). The molecule has 1 aliphatic rings. The zero-order valence-corrected chi connectivity index (χ0v) is 16.4. The summed E-state index contributed by atoms with van der Waals surface area (Å²) >= 11 is 11.6. The number of hydrogen-bond donors (Lipinski definition) is 1. The van der Waals surface area contributed by atoms with Crippen molar-refractivity contribution >= 4 is 23.8 Å². The molecule has 0 saturated heterocycles. The highest BCUT2D eigenvalue weighted by molar-refractivity contribution is 7.71. The van der Waals surface area contributed by atoms with Gasteiger partial charge in [0.1, 0.15) is 17.3 Å². The molecule has 6 heteroatoms. The van der Waals surface area contributed by atoms with E-state index in [2.05, 4.69) is 22.3 Å². The number of benzene rings is 3. The van der Waals surface area contributed by atoms with Crippen molar-refractivity contribution in [1.82, 2.24) is 14.8 Å². The third-order valence-corrected chi connectivity index (χ3v) is 5.54. The molecule has 4 aromatic rings. The lowest BCUT2D eigenvalue weighted by molar-refractivity contribution is 0.448. The maximum absolute atomic E-state index is 6.12. The molecule has 4 nitrogen and oxygen atoms in total. The van der Waals surface area contributed by atoms with Gasteiger partial charge in [-0.1, -0.05) is 60.1 Å². The Bertz CT molecular complexity index is 1170. The average Bonchev–Trinajstić information content (AvgIpc) is 3.08. The highest BCUT2D eigenvalue weighted by Crippen LogP contribution is 2.46. The summed E-state index contributed by atoms with van der Waals surface area (Å²) in [6, 6.07) is 23.9. The topological polar surface area (TPSA) is 42.8 Å². The maximum atomic E-state index is 6.12. The molecule has 0 aliphatic carbocycles. The molecule has 1 aromatic heterocycles. The first-order chi connectivity index (χ1) is 13.7. The molecule has 1 aliphatic heterocycles. The molecule has 0 fully saturated rings. The molecule has 0 atom stereocenters. The Morgan fingerprint density at radius 1 is 0.929 bits per heavy atom. The van der Waals surface area contributed by atoms with Gasteiger partial charge in [0.25, 0.3) is 0 Å². The van der Waals surface area contributed by atoms with Crippen LogP contribution in [0.15, 0.2) is 72.8 Å². The van der Waals surface area contributed by atoms with Crippen LogP contribution in [0.4, 0.5) is 0 Å². The number of hydrogen-bond acceptors (Lipinski definition) is 3. The zero-order chi connectivity index (χ0) is 19.1. The lowest BCUT2D eigenvalue weighted by Crippen LogP contribution is -2.17. The van der Waals surface area contributed by atoms with Crippen molar-refractivity contribution in [3.63, 3.8) is 0 Å². The van der Waals surface area contributed by atoms with Gasteiger partial charge in [-0.15, -0.1) is 0 Å². The van der Waals surface area contributed by atoms with Crippen LogP contribution in [0, 0.1) is 4.77 Å². The largest absolute Gasteiger partial charge is 0.457 e. The van der Waals surface area contributed by atoms with Gasteiger partial charge in [0.15, 0.2) is 4.77 Å². The number of ether oxygens (including phenoxy) is 1. The van der Waals surface area contributed by atoms with Gasteiger partial charge in [-0.25, -0.2) is 0 Å². The van der Waals surface area contributed by atoms with E-state index in [-0.39, 0.29) is 5.92 Å². The highest BCUT2D eigenvalue weighted by atomic mass is 35.5. The minimum absolute atomic E-state index is 0.0681. The van der Waals surface area contributed by atoms with E-state index in [1.54, 1.807) is 0 Å². The van der Waals surface area contributed by atoms with Gasteiger partial charge >= 0.3 is 0 Å². The van der Waals surface area contributed by atoms with Gasteiger partial charge in [-0.2, -0.15) is 5.10 Å². The molecular formula is C22H16ClN3OS.